The monoisotopic (exact) mass is 372 g/mol. The highest BCUT2D eigenvalue weighted by atomic mass is 32.2. The van der Waals surface area contributed by atoms with E-state index >= 15 is 0 Å². The number of benzene rings is 2. The fourth-order valence-corrected chi connectivity index (χ4v) is 3.25. The number of hydrogen-bond acceptors (Lipinski definition) is 4. The second-order valence-corrected chi connectivity index (χ2v) is 6.71. The van der Waals surface area contributed by atoms with E-state index in [1.807, 2.05) is 49.4 Å². The molecule has 2 aromatic carbocycles. The molecule has 2 amide bonds. The summed E-state index contributed by atoms with van der Waals surface area (Å²) in [7, 11) is 1.55. The lowest BCUT2D eigenvalue weighted by atomic mass is 10.3. The summed E-state index contributed by atoms with van der Waals surface area (Å²) in [5, 5.41) is 2.81. The highest BCUT2D eigenvalue weighted by Crippen LogP contribution is 2.23. The van der Waals surface area contributed by atoms with Gasteiger partial charge >= 0.3 is 0 Å². The number of nitrogens with one attached hydrogen (secondary N) is 1. The maximum absolute atomic E-state index is 12.5. The van der Waals surface area contributed by atoms with Crippen molar-refractivity contribution in [3.8, 4) is 5.75 Å². The van der Waals surface area contributed by atoms with E-state index in [1.165, 1.54) is 11.8 Å². The lowest BCUT2D eigenvalue weighted by molar-refractivity contribution is -0.132. The van der Waals surface area contributed by atoms with E-state index in [0.29, 0.717) is 23.7 Å². The minimum Gasteiger partial charge on any atom is -0.495 e. The second kappa shape index (κ2) is 10.5. The average molecular weight is 372 g/mol. The van der Waals surface area contributed by atoms with E-state index in [9.17, 15) is 9.59 Å². The summed E-state index contributed by atoms with van der Waals surface area (Å²) in [6.45, 7) is 2.57. The van der Waals surface area contributed by atoms with Gasteiger partial charge in [-0.15, -0.1) is 11.8 Å². The molecule has 6 heteroatoms. The number of amides is 2. The molecule has 0 aromatic heterocycles. The van der Waals surface area contributed by atoms with Crippen molar-refractivity contribution in [3.63, 3.8) is 0 Å². The first-order valence-electron chi connectivity index (χ1n) is 8.52. The van der Waals surface area contributed by atoms with Crippen molar-refractivity contribution < 1.29 is 14.3 Å². The van der Waals surface area contributed by atoms with Gasteiger partial charge in [0, 0.05) is 11.4 Å². The second-order valence-electron chi connectivity index (χ2n) is 5.67. The number of carbonyl (C=O) groups excluding carboxylic acids is 2. The van der Waals surface area contributed by atoms with Gasteiger partial charge in [-0.1, -0.05) is 37.3 Å². The number of ether oxygens (including phenoxy) is 1. The van der Waals surface area contributed by atoms with Crippen LogP contribution in [0.1, 0.15) is 13.3 Å². The normalized spacial score (nSPS) is 10.2. The molecule has 0 spiro atoms. The minimum atomic E-state index is -0.235. The van der Waals surface area contributed by atoms with Crippen molar-refractivity contribution >= 4 is 29.3 Å². The van der Waals surface area contributed by atoms with Gasteiger partial charge in [-0.3, -0.25) is 9.59 Å². The number of rotatable bonds is 9. The van der Waals surface area contributed by atoms with Gasteiger partial charge in [0.05, 0.1) is 25.1 Å². The van der Waals surface area contributed by atoms with Crippen LogP contribution in [-0.4, -0.2) is 42.7 Å². The van der Waals surface area contributed by atoms with Gasteiger partial charge in [0.25, 0.3) is 0 Å². The summed E-state index contributed by atoms with van der Waals surface area (Å²) < 4.78 is 5.24. The summed E-state index contributed by atoms with van der Waals surface area (Å²) in [5.74, 6) is 0.622. The lowest BCUT2D eigenvalue weighted by Gasteiger charge is -2.22. The molecule has 0 aliphatic heterocycles. The number of thioether (sulfide) groups is 1. The van der Waals surface area contributed by atoms with E-state index in [2.05, 4.69) is 5.32 Å². The molecule has 0 unspecified atom stereocenters. The smallest absolute Gasteiger partial charge is 0.244 e. The molecule has 0 aliphatic rings. The van der Waals surface area contributed by atoms with Crippen LogP contribution in [-0.2, 0) is 9.59 Å². The van der Waals surface area contributed by atoms with Crippen molar-refractivity contribution in [1.82, 2.24) is 4.90 Å². The third-order valence-electron chi connectivity index (χ3n) is 3.67. The van der Waals surface area contributed by atoms with Gasteiger partial charge in [-0.25, -0.2) is 0 Å². The molecule has 2 rings (SSSR count). The maximum atomic E-state index is 12.5. The summed E-state index contributed by atoms with van der Waals surface area (Å²) in [6, 6.07) is 17.0. The Hall–Kier alpha value is -2.47. The molecule has 0 heterocycles. The number of hydrogen-bond donors (Lipinski definition) is 1. The molecule has 2 aromatic rings. The van der Waals surface area contributed by atoms with Crippen molar-refractivity contribution in [2.75, 3.05) is 31.3 Å². The number of methoxy groups -OCH3 is 1. The van der Waals surface area contributed by atoms with Crippen LogP contribution in [0.15, 0.2) is 59.5 Å². The van der Waals surface area contributed by atoms with Gasteiger partial charge in [0.2, 0.25) is 11.8 Å². The van der Waals surface area contributed by atoms with Crippen LogP contribution in [0, 0.1) is 0 Å². The Bertz CT molecular complexity index is 722. The number of carbonyl (C=O) groups is 2. The topological polar surface area (TPSA) is 58.6 Å². The summed E-state index contributed by atoms with van der Waals surface area (Å²) >= 11 is 1.48. The van der Waals surface area contributed by atoms with E-state index in [-0.39, 0.29) is 18.4 Å². The summed E-state index contributed by atoms with van der Waals surface area (Å²) in [6.07, 6.45) is 0.795. The predicted octanol–water partition coefficient (Wildman–Crippen LogP) is 3.66. The van der Waals surface area contributed by atoms with E-state index in [1.54, 1.807) is 24.1 Å². The predicted molar refractivity (Wildman–Crippen MR) is 106 cm³/mol. The molecule has 0 atom stereocenters. The maximum Gasteiger partial charge on any atom is 0.244 e. The Labute approximate surface area is 158 Å². The van der Waals surface area contributed by atoms with Gasteiger partial charge in [-0.05, 0) is 30.7 Å². The van der Waals surface area contributed by atoms with Crippen LogP contribution >= 0.6 is 11.8 Å². The Morgan fingerprint density at radius 1 is 1.08 bits per heavy atom. The first kappa shape index (κ1) is 19.8. The first-order chi connectivity index (χ1) is 12.6. The Morgan fingerprint density at radius 2 is 1.77 bits per heavy atom. The average Bonchev–Trinajstić information content (AvgIpc) is 2.67. The van der Waals surface area contributed by atoms with E-state index in [0.717, 1.165) is 11.3 Å². The number of anilines is 1. The zero-order chi connectivity index (χ0) is 18.8. The molecular weight excluding hydrogens is 348 g/mol. The molecular formula is C20H24N2O3S. The summed E-state index contributed by atoms with van der Waals surface area (Å²) in [5.41, 5.74) is 0.600. The zero-order valence-corrected chi connectivity index (χ0v) is 15.9. The highest BCUT2D eigenvalue weighted by Gasteiger charge is 2.17. The SMILES string of the molecule is CCCN(CC(=O)Nc1ccccc1OC)C(=O)CSc1ccccc1. The summed E-state index contributed by atoms with van der Waals surface area (Å²) in [4.78, 5) is 27.5. The zero-order valence-electron chi connectivity index (χ0n) is 15.1. The Kier molecular flexibility index (Phi) is 8.02. The largest absolute Gasteiger partial charge is 0.495 e. The van der Waals surface area contributed by atoms with Crippen LogP contribution in [0.5, 0.6) is 5.75 Å². The van der Waals surface area contributed by atoms with Crippen LogP contribution in [0.25, 0.3) is 0 Å². The standard InChI is InChI=1S/C20H24N2O3S/c1-3-13-22(20(24)15-26-16-9-5-4-6-10-16)14-19(23)21-17-11-7-8-12-18(17)25-2/h4-12H,3,13-15H2,1-2H3,(H,21,23). The Balaban J connectivity index is 1.93. The molecule has 0 bridgehead atoms. The van der Waals surface area contributed by atoms with E-state index < -0.39 is 0 Å². The first-order valence-corrected chi connectivity index (χ1v) is 9.51. The molecule has 0 saturated heterocycles. The van der Waals surface area contributed by atoms with Crippen molar-refractivity contribution in [2.24, 2.45) is 0 Å². The Morgan fingerprint density at radius 3 is 2.46 bits per heavy atom. The fourth-order valence-electron chi connectivity index (χ4n) is 2.43. The molecule has 26 heavy (non-hydrogen) atoms. The van der Waals surface area contributed by atoms with E-state index in [4.69, 9.17) is 4.74 Å². The van der Waals surface area contributed by atoms with Crippen LogP contribution in [0.2, 0.25) is 0 Å². The van der Waals surface area contributed by atoms with Crippen LogP contribution < -0.4 is 10.1 Å². The molecule has 0 fully saturated rings. The van der Waals surface area contributed by atoms with Gasteiger partial charge in [0.15, 0.2) is 0 Å². The lowest BCUT2D eigenvalue weighted by Crippen LogP contribution is -2.39. The molecule has 5 nitrogen and oxygen atoms in total. The molecule has 1 N–H and O–H groups in total. The minimum absolute atomic E-state index is 0.0278. The van der Waals surface area contributed by atoms with Gasteiger partial charge in [-0.2, -0.15) is 0 Å². The van der Waals surface area contributed by atoms with Crippen molar-refractivity contribution in [1.29, 1.82) is 0 Å². The van der Waals surface area contributed by atoms with Crippen LogP contribution in [0.3, 0.4) is 0 Å². The number of nitrogens with zero attached hydrogens (tertiary/aromatic N) is 1. The van der Waals surface area contributed by atoms with Crippen molar-refractivity contribution in [3.05, 3.63) is 54.6 Å². The highest BCUT2D eigenvalue weighted by molar-refractivity contribution is 8.00. The molecule has 0 saturated carbocycles. The fraction of sp³-hybridized carbons (Fsp3) is 0.300. The van der Waals surface area contributed by atoms with Gasteiger partial charge in [0.1, 0.15) is 5.75 Å². The number of para-hydroxylation sites is 2. The van der Waals surface area contributed by atoms with Crippen molar-refractivity contribution in [2.45, 2.75) is 18.2 Å². The molecule has 138 valence electrons. The van der Waals surface area contributed by atoms with Crippen LogP contribution in [0.4, 0.5) is 5.69 Å². The molecule has 0 aliphatic carbocycles. The van der Waals surface area contributed by atoms with Gasteiger partial charge < -0.3 is 15.0 Å². The quantitative estimate of drug-likeness (QED) is 0.683. The third kappa shape index (κ3) is 6.11. The third-order valence-corrected chi connectivity index (χ3v) is 4.66. The molecule has 0 radical (unpaired) electrons.